The van der Waals surface area contributed by atoms with Crippen LogP contribution < -0.4 is 4.90 Å². The van der Waals surface area contributed by atoms with Gasteiger partial charge in [0.05, 0.1) is 38.8 Å². The Hall–Kier alpha value is -7.56. The first-order chi connectivity index (χ1) is 27.8. The third-order valence-corrected chi connectivity index (χ3v) is 11.5. The molecule has 0 saturated carbocycles. The molecule has 9 aromatic carbocycles. The van der Waals surface area contributed by atoms with Crippen LogP contribution in [0.3, 0.4) is 0 Å². The van der Waals surface area contributed by atoms with E-state index in [1.165, 1.54) is 48.9 Å². The Bertz CT molecular complexity index is 3480. The van der Waals surface area contributed by atoms with Crippen LogP contribution in [-0.4, -0.2) is 9.13 Å². The standard InChI is InChI=1S/C52H33N3O/c1-2-15-35(16-3-1)53-43-22-10-7-19-40(43)51-44(53)23-12-24-45(51)55(46-25-13-27-49-52(46)41-20-8-11-26-48(41)56-49)37-31-29-36(30-32-37)54-42-21-9-6-18-39(42)50-38-17-5-4-14-34(38)28-33-47(50)54/h1-33H. The average Bonchev–Trinajstić information content (AvgIpc) is 3.93. The van der Waals surface area contributed by atoms with Gasteiger partial charge in [0, 0.05) is 44.0 Å². The molecular formula is C52H33N3O. The molecule has 4 heteroatoms. The summed E-state index contributed by atoms with van der Waals surface area (Å²) >= 11 is 0. The van der Waals surface area contributed by atoms with Crippen molar-refractivity contribution >= 4 is 93.4 Å². The Kier molecular flexibility index (Phi) is 6.60. The number of fused-ring (bicyclic) bond motifs is 11. The van der Waals surface area contributed by atoms with Crippen LogP contribution in [-0.2, 0) is 0 Å². The Morgan fingerprint density at radius 2 is 0.857 bits per heavy atom. The summed E-state index contributed by atoms with van der Waals surface area (Å²) in [5.74, 6) is 0. The third kappa shape index (κ3) is 4.41. The van der Waals surface area contributed by atoms with E-state index in [1.54, 1.807) is 0 Å². The molecular weight excluding hydrogens is 683 g/mol. The molecule has 56 heavy (non-hydrogen) atoms. The fraction of sp³-hybridized carbons (Fsp3) is 0. The molecule has 0 unspecified atom stereocenters. The minimum Gasteiger partial charge on any atom is -0.456 e. The number of furan rings is 1. The van der Waals surface area contributed by atoms with Gasteiger partial charge in [0.1, 0.15) is 11.2 Å². The van der Waals surface area contributed by atoms with E-state index >= 15 is 0 Å². The first-order valence-corrected chi connectivity index (χ1v) is 19.1. The Balaban J connectivity index is 1.13. The van der Waals surface area contributed by atoms with Gasteiger partial charge in [0.15, 0.2) is 0 Å². The van der Waals surface area contributed by atoms with E-state index in [-0.39, 0.29) is 0 Å². The lowest BCUT2D eigenvalue weighted by Gasteiger charge is -2.27. The zero-order valence-corrected chi connectivity index (χ0v) is 30.3. The summed E-state index contributed by atoms with van der Waals surface area (Å²) in [5.41, 5.74) is 11.9. The van der Waals surface area contributed by atoms with Crippen molar-refractivity contribution in [2.75, 3.05) is 4.90 Å². The van der Waals surface area contributed by atoms with Gasteiger partial charge < -0.3 is 18.5 Å². The highest BCUT2D eigenvalue weighted by atomic mass is 16.3. The van der Waals surface area contributed by atoms with Crippen molar-refractivity contribution in [1.82, 2.24) is 9.13 Å². The lowest BCUT2D eigenvalue weighted by Crippen LogP contribution is -2.11. The van der Waals surface area contributed by atoms with Gasteiger partial charge in [-0.05, 0) is 95.7 Å². The van der Waals surface area contributed by atoms with Gasteiger partial charge in [-0.3, -0.25) is 0 Å². The molecule has 0 bridgehead atoms. The Morgan fingerprint density at radius 1 is 0.321 bits per heavy atom. The summed E-state index contributed by atoms with van der Waals surface area (Å²) in [7, 11) is 0. The van der Waals surface area contributed by atoms with Gasteiger partial charge in [-0.2, -0.15) is 0 Å². The van der Waals surface area contributed by atoms with E-state index in [9.17, 15) is 0 Å². The molecule has 4 nitrogen and oxygen atoms in total. The molecule has 0 atom stereocenters. The molecule has 0 aliphatic heterocycles. The summed E-state index contributed by atoms with van der Waals surface area (Å²) in [6.45, 7) is 0. The largest absolute Gasteiger partial charge is 0.456 e. The Morgan fingerprint density at radius 3 is 1.62 bits per heavy atom. The van der Waals surface area contributed by atoms with Crippen LogP contribution in [0.4, 0.5) is 17.1 Å². The molecule has 262 valence electrons. The number of rotatable bonds is 5. The van der Waals surface area contributed by atoms with Crippen LogP contribution in [0.15, 0.2) is 205 Å². The van der Waals surface area contributed by atoms with Gasteiger partial charge in [-0.25, -0.2) is 0 Å². The highest BCUT2D eigenvalue weighted by Gasteiger charge is 2.24. The Labute approximate surface area is 322 Å². The van der Waals surface area contributed by atoms with Gasteiger partial charge in [-0.15, -0.1) is 0 Å². The molecule has 0 fully saturated rings. The minimum absolute atomic E-state index is 0.863. The maximum atomic E-state index is 6.48. The number of benzene rings is 9. The average molecular weight is 716 g/mol. The summed E-state index contributed by atoms with van der Waals surface area (Å²) in [4.78, 5) is 2.43. The van der Waals surface area contributed by atoms with Crippen molar-refractivity contribution in [3.63, 3.8) is 0 Å². The van der Waals surface area contributed by atoms with Crippen LogP contribution in [0.1, 0.15) is 0 Å². The van der Waals surface area contributed by atoms with E-state index in [4.69, 9.17) is 4.42 Å². The highest BCUT2D eigenvalue weighted by Crippen LogP contribution is 2.47. The maximum absolute atomic E-state index is 6.48. The smallest absolute Gasteiger partial charge is 0.137 e. The second kappa shape index (κ2) is 12.0. The molecule has 3 aromatic heterocycles. The fourth-order valence-corrected chi connectivity index (χ4v) is 9.16. The first kappa shape index (κ1) is 30.9. The first-order valence-electron chi connectivity index (χ1n) is 19.1. The number of anilines is 3. The van der Waals surface area contributed by atoms with Crippen LogP contribution in [0.5, 0.6) is 0 Å². The number of nitrogens with zero attached hydrogens (tertiary/aromatic N) is 3. The van der Waals surface area contributed by atoms with Crippen LogP contribution in [0.25, 0.3) is 87.7 Å². The fourth-order valence-electron chi connectivity index (χ4n) is 9.16. The highest BCUT2D eigenvalue weighted by molar-refractivity contribution is 6.22. The van der Waals surface area contributed by atoms with Gasteiger partial charge >= 0.3 is 0 Å². The van der Waals surface area contributed by atoms with Gasteiger partial charge in [0.2, 0.25) is 0 Å². The monoisotopic (exact) mass is 715 g/mol. The molecule has 12 rings (SSSR count). The van der Waals surface area contributed by atoms with E-state index < -0.39 is 0 Å². The molecule has 0 spiro atoms. The summed E-state index contributed by atoms with van der Waals surface area (Å²) in [5, 5.41) is 9.62. The maximum Gasteiger partial charge on any atom is 0.137 e. The summed E-state index contributed by atoms with van der Waals surface area (Å²) in [6.07, 6.45) is 0. The van der Waals surface area contributed by atoms with E-state index in [2.05, 4.69) is 208 Å². The zero-order chi connectivity index (χ0) is 36.7. The predicted molar refractivity (Wildman–Crippen MR) is 235 cm³/mol. The van der Waals surface area contributed by atoms with Crippen LogP contribution in [0.2, 0.25) is 0 Å². The van der Waals surface area contributed by atoms with E-state index in [0.29, 0.717) is 0 Å². The normalized spacial score (nSPS) is 11.9. The van der Waals surface area contributed by atoms with Crippen LogP contribution in [0, 0.1) is 0 Å². The van der Waals surface area contributed by atoms with Crippen molar-refractivity contribution < 1.29 is 4.42 Å². The van der Waals surface area contributed by atoms with Crippen molar-refractivity contribution in [2.24, 2.45) is 0 Å². The number of hydrogen-bond donors (Lipinski definition) is 0. The second-order valence-corrected chi connectivity index (χ2v) is 14.5. The van der Waals surface area contributed by atoms with Crippen molar-refractivity contribution in [3.8, 4) is 11.4 Å². The molecule has 0 N–H and O–H groups in total. The number of para-hydroxylation sites is 4. The van der Waals surface area contributed by atoms with E-state index in [1.807, 2.05) is 6.07 Å². The second-order valence-electron chi connectivity index (χ2n) is 14.5. The van der Waals surface area contributed by atoms with E-state index in [0.717, 1.165) is 55.9 Å². The minimum atomic E-state index is 0.863. The third-order valence-electron chi connectivity index (χ3n) is 11.5. The lowest BCUT2D eigenvalue weighted by molar-refractivity contribution is 0.669. The van der Waals surface area contributed by atoms with Crippen molar-refractivity contribution in [2.45, 2.75) is 0 Å². The SMILES string of the molecule is c1ccc(-n2c3ccccc3c3c(N(c4ccc(-n5c6ccccc6c6c7ccccc7ccc65)cc4)c4cccc5oc6ccccc6c45)cccc32)cc1. The lowest BCUT2D eigenvalue weighted by atomic mass is 10.0. The van der Waals surface area contributed by atoms with Crippen LogP contribution >= 0.6 is 0 Å². The van der Waals surface area contributed by atoms with Gasteiger partial charge in [0.25, 0.3) is 0 Å². The predicted octanol–water partition coefficient (Wildman–Crippen LogP) is 14.4. The molecule has 3 heterocycles. The number of hydrogen-bond acceptors (Lipinski definition) is 2. The van der Waals surface area contributed by atoms with Crippen molar-refractivity contribution in [1.29, 1.82) is 0 Å². The molecule has 0 amide bonds. The number of aromatic nitrogens is 2. The topological polar surface area (TPSA) is 26.2 Å². The molecule has 0 saturated heterocycles. The summed E-state index contributed by atoms with van der Waals surface area (Å²) < 4.78 is 11.3. The molecule has 0 aliphatic rings. The molecule has 0 aliphatic carbocycles. The zero-order valence-electron chi connectivity index (χ0n) is 30.3. The molecule has 0 radical (unpaired) electrons. The molecule has 12 aromatic rings. The van der Waals surface area contributed by atoms with Gasteiger partial charge in [-0.1, -0.05) is 115 Å². The van der Waals surface area contributed by atoms with Crippen molar-refractivity contribution in [3.05, 3.63) is 200 Å². The summed E-state index contributed by atoms with van der Waals surface area (Å²) in [6, 6.07) is 71.9. The quantitative estimate of drug-likeness (QED) is 0.177.